The molecule has 30 heavy (non-hydrogen) atoms. The molecular weight excluding hydrogens is 428 g/mol. The third-order valence-corrected chi connectivity index (χ3v) is 5.86. The summed E-state index contributed by atoms with van der Waals surface area (Å²) in [5, 5.41) is 11.4. The highest BCUT2D eigenvalue weighted by atomic mass is 35.5. The van der Waals surface area contributed by atoms with Crippen LogP contribution in [0.4, 0.5) is 0 Å². The van der Waals surface area contributed by atoms with Gasteiger partial charge in [-0.15, -0.1) is 10.2 Å². The summed E-state index contributed by atoms with van der Waals surface area (Å²) < 4.78 is 10.9. The van der Waals surface area contributed by atoms with Crippen molar-refractivity contribution in [1.29, 1.82) is 0 Å². The van der Waals surface area contributed by atoms with Gasteiger partial charge in [0, 0.05) is 17.6 Å². The lowest BCUT2D eigenvalue weighted by atomic mass is 10.0. The second kappa shape index (κ2) is 11.2. The van der Waals surface area contributed by atoms with Crippen molar-refractivity contribution in [2.75, 3.05) is 18.9 Å². The van der Waals surface area contributed by atoms with Crippen molar-refractivity contribution < 1.29 is 18.7 Å². The lowest BCUT2D eigenvalue weighted by Gasteiger charge is -2.35. The summed E-state index contributed by atoms with van der Waals surface area (Å²) in [6.07, 6.45) is 4.28. The van der Waals surface area contributed by atoms with E-state index < -0.39 is 0 Å². The third kappa shape index (κ3) is 6.63. The van der Waals surface area contributed by atoms with E-state index in [-0.39, 0.29) is 36.6 Å². The maximum Gasteiger partial charge on any atom is 0.277 e. The maximum absolute atomic E-state index is 12.5. The van der Waals surface area contributed by atoms with Gasteiger partial charge in [-0.1, -0.05) is 30.3 Å². The fourth-order valence-electron chi connectivity index (χ4n) is 3.23. The average Bonchev–Trinajstić information content (AvgIpc) is 3.23. The summed E-state index contributed by atoms with van der Waals surface area (Å²) in [7, 11) is 0. The molecule has 0 aliphatic carbocycles. The Labute approximate surface area is 184 Å². The van der Waals surface area contributed by atoms with Crippen LogP contribution in [0.5, 0.6) is 5.75 Å². The Morgan fingerprint density at radius 1 is 1.30 bits per heavy atom. The molecule has 1 aliphatic heterocycles. The first-order valence-corrected chi connectivity index (χ1v) is 11.3. The minimum atomic E-state index is -0.316. The molecule has 1 aliphatic rings. The van der Waals surface area contributed by atoms with Gasteiger partial charge in [0.25, 0.3) is 11.1 Å². The monoisotopic (exact) mass is 452 g/mol. The third-order valence-electron chi connectivity index (χ3n) is 4.81. The number of piperidine rings is 1. The maximum atomic E-state index is 12.5. The number of aromatic nitrogens is 2. The number of carbonyl (C=O) groups excluding carboxylic acids is 2. The molecule has 1 N–H and O–H groups in total. The number of ether oxygens (including phenoxy) is 1. The predicted molar refractivity (Wildman–Crippen MR) is 113 cm³/mol. The molecule has 1 fully saturated rings. The number of rotatable bonds is 9. The SMILES string of the molecule is CC[C@H]1CCCCN1C(=O)CSc1nnc(CNC(=O)COc2ccc(Cl)cc2)o1. The smallest absolute Gasteiger partial charge is 0.277 e. The molecule has 8 nitrogen and oxygen atoms in total. The molecule has 1 aromatic carbocycles. The van der Waals surface area contributed by atoms with E-state index >= 15 is 0 Å². The molecule has 1 atom stereocenters. The van der Waals surface area contributed by atoms with E-state index in [1.54, 1.807) is 24.3 Å². The van der Waals surface area contributed by atoms with E-state index in [1.165, 1.54) is 18.2 Å². The Balaban J connectivity index is 1.38. The number of likely N-dealkylation sites (tertiary alicyclic amines) is 1. The predicted octanol–water partition coefficient (Wildman–Crippen LogP) is 3.30. The molecule has 2 amide bonds. The Bertz CT molecular complexity index is 846. The van der Waals surface area contributed by atoms with Gasteiger partial charge in [-0.05, 0) is 49.9 Å². The van der Waals surface area contributed by atoms with Crippen LogP contribution in [0.2, 0.25) is 5.02 Å². The Morgan fingerprint density at radius 3 is 2.87 bits per heavy atom. The molecular formula is C20H25ClN4O4S. The van der Waals surface area contributed by atoms with Crippen molar-refractivity contribution in [3.8, 4) is 5.75 Å². The minimum absolute atomic E-state index is 0.0916. The number of carbonyl (C=O) groups is 2. The van der Waals surface area contributed by atoms with Gasteiger partial charge in [0.05, 0.1) is 12.3 Å². The van der Waals surface area contributed by atoms with Crippen LogP contribution in [0, 0.1) is 0 Å². The van der Waals surface area contributed by atoms with Gasteiger partial charge in [-0.2, -0.15) is 0 Å². The number of benzene rings is 1. The van der Waals surface area contributed by atoms with Gasteiger partial charge in [-0.3, -0.25) is 9.59 Å². The molecule has 0 saturated carbocycles. The second-order valence-corrected chi connectivity index (χ2v) is 8.28. The van der Waals surface area contributed by atoms with E-state index in [2.05, 4.69) is 22.4 Å². The minimum Gasteiger partial charge on any atom is -0.484 e. The van der Waals surface area contributed by atoms with Crippen molar-refractivity contribution in [1.82, 2.24) is 20.4 Å². The molecule has 2 aromatic rings. The number of hydrogen-bond donors (Lipinski definition) is 1. The lowest BCUT2D eigenvalue weighted by molar-refractivity contribution is -0.132. The van der Waals surface area contributed by atoms with Crippen LogP contribution in [0.3, 0.4) is 0 Å². The van der Waals surface area contributed by atoms with Crippen molar-refractivity contribution in [2.45, 2.75) is 50.4 Å². The van der Waals surface area contributed by atoms with Crippen molar-refractivity contribution in [3.05, 3.63) is 35.2 Å². The molecule has 1 aromatic heterocycles. The highest BCUT2D eigenvalue weighted by Gasteiger charge is 2.25. The summed E-state index contributed by atoms with van der Waals surface area (Å²) >= 11 is 7.02. The summed E-state index contributed by atoms with van der Waals surface area (Å²) in [5.41, 5.74) is 0. The topological polar surface area (TPSA) is 97.6 Å². The zero-order valence-electron chi connectivity index (χ0n) is 16.8. The number of amides is 2. The van der Waals surface area contributed by atoms with Crippen LogP contribution < -0.4 is 10.1 Å². The molecule has 0 radical (unpaired) electrons. The van der Waals surface area contributed by atoms with Gasteiger partial charge in [0.1, 0.15) is 5.75 Å². The van der Waals surface area contributed by atoms with Crippen molar-refractivity contribution >= 4 is 35.2 Å². The first-order valence-electron chi connectivity index (χ1n) is 9.95. The number of hydrogen-bond acceptors (Lipinski definition) is 7. The summed E-state index contributed by atoms with van der Waals surface area (Å²) in [6.45, 7) is 2.88. The Hall–Kier alpha value is -2.26. The van der Waals surface area contributed by atoms with E-state index in [1.807, 2.05) is 4.90 Å². The lowest BCUT2D eigenvalue weighted by Crippen LogP contribution is -2.44. The van der Waals surface area contributed by atoms with Crippen LogP contribution in [0.25, 0.3) is 0 Å². The largest absolute Gasteiger partial charge is 0.484 e. The van der Waals surface area contributed by atoms with E-state index in [4.69, 9.17) is 20.8 Å². The zero-order valence-corrected chi connectivity index (χ0v) is 18.4. The van der Waals surface area contributed by atoms with Gasteiger partial charge in [0.15, 0.2) is 6.61 Å². The molecule has 2 heterocycles. The van der Waals surface area contributed by atoms with E-state index in [0.29, 0.717) is 22.0 Å². The molecule has 10 heteroatoms. The first-order chi connectivity index (χ1) is 14.5. The zero-order chi connectivity index (χ0) is 21.3. The van der Waals surface area contributed by atoms with Crippen molar-refractivity contribution in [3.63, 3.8) is 0 Å². The van der Waals surface area contributed by atoms with Gasteiger partial charge >= 0.3 is 0 Å². The van der Waals surface area contributed by atoms with Gasteiger partial charge < -0.3 is 19.4 Å². The van der Waals surface area contributed by atoms with Crippen LogP contribution >= 0.6 is 23.4 Å². The van der Waals surface area contributed by atoms with Crippen LogP contribution in [0.15, 0.2) is 33.9 Å². The molecule has 0 bridgehead atoms. The fraction of sp³-hybridized carbons (Fsp3) is 0.500. The number of halogens is 1. The van der Waals surface area contributed by atoms with Crippen LogP contribution in [-0.2, 0) is 16.1 Å². The average molecular weight is 453 g/mol. The summed E-state index contributed by atoms with van der Waals surface area (Å²) in [6, 6.07) is 7.07. The summed E-state index contributed by atoms with van der Waals surface area (Å²) in [5.74, 6) is 0.866. The van der Waals surface area contributed by atoms with Gasteiger partial charge in [0.2, 0.25) is 11.8 Å². The number of nitrogens with zero attached hydrogens (tertiary/aromatic N) is 3. The molecule has 0 unspecified atom stereocenters. The number of nitrogens with one attached hydrogen (secondary N) is 1. The Morgan fingerprint density at radius 2 is 2.10 bits per heavy atom. The highest BCUT2D eigenvalue weighted by Crippen LogP contribution is 2.22. The molecule has 1 saturated heterocycles. The molecule has 0 spiro atoms. The van der Waals surface area contributed by atoms with Gasteiger partial charge in [-0.25, -0.2) is 0 Å². The Kier molecular flexibility index (Phi) is 8.39. The standard InChI is InChI=1S/C20H25ClN4O4S/c1-2-15-5-3-4-10-25(15)19(27)13-30-20-24-23-18(29-20)11-22-17(26)12-28-16-8-6-14(21)7-9-16/h6-9,15H,2-5,10-13H2,1H3,(H,22,26)/t15-/m0/s1. The number of thioether (sulfide) groups is 1. The quantitative estimate of drug-likeness (QED) is 0.583. The highest BCUT2D eigenvalue weighted by molar-refractivity contribution is 7.99. The van der Waals surface area contributed by atoms with E-state index in [0.717, 1.165) is 25.8 Å². The van der Waals surface area contributed by atoms with Crippen LogP contribution in [-0.4, -0.2) is 51.9 Å². The normalized spacial score (nSPS) is 16.3. The van der Waals surface area contributed by atoms with Crippen LogP contribution in [0.1, 0.15) is 38.5 Å². The second-order valence-electron chi connectivity index (χ2n) is 6.91. The van der Waals surface area contributed by atoms with E-state index in [9.17, 15) is 9.59 Å². The summed E-state index contributed by atoms with van der Waals surface area (Å²) in [4.78, 5) is 26.4. The first kappa shape index (κ1) is 22.4. The van der Waals surface area contributed by atoms with Crippen molar-refractivity contribution in [2.24, 2.45) is 0 Å². The fourth-order valence-corrected chi connectivity index (χ4v) is 4.03. The molecule has 162 valence electrons. The molecule has 3 rings (SSSR count).